The summed E-state index contributed by atoms with van der Waals surface area (Å²) in [4.78, 5) is 4.74. The molecule has 0 aromatic carbocycles. The van der Waals surface area contributed by atoms with Crippen LogP contribution in [0.25, 0.3) is 0 Å². The molecule has 7 atom stereocenters. The summed E-state index contributed by atoms with van der Waals surface area (Å²) >= 11 is 0. The summed E-state index contributed by atoms with van der Waals surface area (Å²) in [6.45, 7) is 13.9. The molecule has 0 amide bonds. The van der Waals surface area contributed by atoms with Crippen molar-refractivity contribution < 1.29 is 0 Å². The highest BCUT2D eigenvalue weighted by Crippen LogP contribution is 2.68. The Kier molecular flexibility index (Phi) is 8.23. The largest absolute Gasteiger partial charge is 0.390 e. The number of hydrazone groups is 2. The maximum atomic E-state index is 4.89. The number of hydrogen-bond acceptors (Lipinski definition) is 7. The van der Waals surface area contributed by atoms with Crippen LogP contribution in [0.3, 0.4) is 0 Å². The van der Waals surface area contributed by atoms with Crippen molar-refractivity contribution in [3.8, 4) is 0 Å². The number of hydrogen-bond donors (Lipinski definition) is 2. The maximum Gasteiger partial charge on any atom is 0.0959 e. The Morgan fingerprint density at radius 3 is 2.55 bits per heavy atom. The third kappa shape index (κ3) is 5.04. The lowest BCUT2D eigenvalue weighted by Gasteiger charge is -2.38. The first kappa shape index (κ1) is 27.7. The lowest BCUT2D eigenvalue weighted by Crippen LogP contribution is -2.44. The van der Waals surface area contributed by atoms with Gasteiger partial charge in [-0.1, -0.05) is 53.9 Å². The molecule has 7 nitrogen and oxygen atoms in total. The fraction of sp³-hybridized carbons (Fsp3) is 0.839. The molecule has 7 heteroatoms. The first-order valence-corrected chi connectivity index (χ1v) is 15.7. The van der Waals surface area contributed by atoms with E-state index in [4.69, 9.17) is 15.2 Å². The minimum Gasteiger partial charge on any atom is -0.390 e. The molecule has 0 aromatic heterocycles. The number of aliphatic imine (C=N–C) groups is 1. The minimum absolute atomic E-state index is 0.0460. The second-order valence-corrected chi connectivity index (χ2v) is 13.0. The summed E-state index contributed by atoms with van der Waals surface area (Å²) in [7, 11) is 2.09. The van der Waals surface area contributed by atoms with Gasteiger partial charge in [-0.05, 0) is 56.4 Å². The van der Waals surface area contributed by atoms with E-state index in [0.717, 1.165) is 38.4 Å². The second kappa shape index (κ2) is 11.3. The quantitative estimate of drug-likeness (QED) is 0.346. The zero-order chi connectivity index (χ0) is 26.9. The van der Waals surface area contributed by atoms with Crippen LogP contribution in [0.4, 0.5) is 0 Å². The predicted molar refractivity (Wildman–Crippen MR) is 160 cm³/mol. The van der Waals surface area contributed by atoms with Crippen LogP contribution in [0.2, 0.25) is 0 Å². The van der Waals surface area contributed by atoms with Crippen LogP contribution < -0.4 is 10.6 Å². The monoisotopic (exact) mass is 523 g/mol. The van der Waals surface area contributed by atoms with Crippen molar-refractivity contribution in [2.24, 2.45) is 43.8 Å². The van der Waals surface area contributed by atoms with Gasteiger partial charge in [0.2, 0.25) is 0 Å². The Morgan fingerprint density at radius 1 is 1.16 bits per heavy atom. The molecule has 2 N–H and O–H groups in total. The van der Waals surface area contributed by atoms with E-state index < -0.39 is 0 Å². The van der Waals surface area contributed by atoms with Gasteiger partial charge in [-0.2, -0.15) is 10.2 Å². The van der Waals surface area contributed by atoms with Gasteiger partial charge in [-0.3, -0.25) is 15.0 Å². The van der Waals surface area contributed by atoms with Crippen LogP contribution in [0.5, 0.6) is 0 Å². The Bertz CT molecular complexity index is 927. The van der Waals surface area contributed by atoms with Crippen molar-refractivity contribution in [3.05, 3.63) is 11.9 Å². The Balaban J connectivity index is 1.27. The van der Waals surface area contributed by atoms with E-state index in [1.807, 2.05) is 0 Å². The third-order valence-electron chi connectivity index (χ3n) is 11.0. The molecule has 0 bridgehead atoms. The average Bonchev–Trinajstić information content (AvgIpc) is 3.76. The van der Waals surface area contributed by atoms with Gasteiger partial charge in [0.25, 0.3) is 0 Å². The topological polar surface area (TPSA) is 67.6 Å². The predicted octanol–water partition coefficient (Wildman–Crippen LogP) is 5.26. The van der Waals surface area contributed by atoms with Crippen molar-refractivity contribution in [2.45, 2.75) is 117 Å². The second-order valence-electron chi connectivity index (χ2n) is 13.0. The van der Waals surface area contributed by atoms with Crippen molar-refractivity contribution in [1.29, 1.82) is 0 Å². The Hall–Kier alpha value is -1.89. The van der Waals surface area contributed by atoms with E-state index in [0.29, 0.717) is 35.9 Å². The summed E-state index contributed by atoms with van der Waals surface area (Å²) in [5.41, 5.74) is 1.46. The highest BCUT2D eigenvalue weighted by molar-refractivity contribution is 5.81. The molecule has 0 aromatic rings. The highest BCUT2D eigenvalue weighted by Gasteiger charge is 2.69. The van der Waals surface area contributed by atoms with Crippen molar-refractivity contribution in [3.63, 3.8) is 0 Å². The van der Waals surface area contributed by atoms with Crippen molar-refractivity contribution >= 4 is 18.6 Å². The van der Waals surface area contributed by atoms with E-state index in [1.165, 1.54) is 44.2 Å². The standard InChI is InChI=1S/C31H53N7/c1-7-25(8-2)38-21-30(5,20-36-38)23(4)27-15-17-35-37(27)19-29(32-6)31(28-18-34-28)22(3)26(31)14-16-33-24-12-10-9-11-13-24/h17-20,22-28,32-33H,7-16,21H2,1-6H3/b29-19-/t22?,23?,26?,27?,28?,30-,31?/m0/s1. The molecule has 3 aliphatic heterocycles. The molecule has 3 heterocycles. The molecule has 38 heavy (non-hydrogen) atoms. The normalized spacial score (nSPS) is 37.5. The first-order chi connectivity index (χ1) is 18.4. The summed E-state index contributed by atoms with van der Waals surface area (Å²) < 4.78 is 0. The molecule has 0 saturated heterocycles. The molecule has 5 aliphatic rings. The smallest absolute Gasteiger partial charge is 0.0959 e. The zero-order valence-electron chi connectivity index (χ0n) is 24.9. The van der Waals surface area contributed by atoms with Gasteiger partial charge in [0.1, 0.15) is 0 Å². The fourth-order valence-electron chi connectivity index (χ4n) is 8.10. The number of nitrogens with zero attached hydrogens (tertiary/aromatic N) is 5. The molecule has 5 rings (SSSR count). The van der Waals surface area contributed by atoms with E-state index in [9.17, 15) is 0 Å². The minimum atomic E-state index is 0.0460. The van der Waals surface area contributed by atoms with Crippen molar-refractivity contribution in [2.75, 3.05) is 20.1 Å². The Morgan fingerprint density at radius 2 is 1.89 bits per heavy atom. The Labute approximate surface area is 231 Å². The molecule has 6 unspecified atom stereocenters. The summed E-state index contributed by atoms with van der Waals surface area (Å²) in [5, 5.41) is 21.9. The van der Waals surface area contributed by atoms with Crippen LogP contribution in [0.15, 0.2) is 27.1 Å². The lowest BCUT2D eigenvalue weighted by atomic mass is 9.74. The van der Waals surface area contributed by atoms with Gasteiger partial charge < -0.3 is 10.6 Å². The lowest BCUT2D eigenvalue weighted by molar-refractivity contribution is 0.113. The molecule has 2 saturated carbocycles. The van der Waals surface area contributed by atoms with Crippen LogP contribution in [0.1, 0.15) is 92.4 Å². The number of nitrogens with one attached hydrogen (secondary N) is 2. The molecular weight excluding hydrogens is 470 g/mol. The van der Waals surface area contributed by atoms with Crippen molar-refractivity contribution in [1.82, 2.24) is 20.7 Å². The average molecular weight is 524 g/mol. The summed E-state index contributed by atoms with van der Waals surface area (Å²) in [5.74, 6) is 1.71. The van der Waals surface area contributed by atoms with E-state index >= 15 is 0 Å². The molecule has 0 spiro atoms. The van der Waals surface area contributed by atoms with Gasteiger partial charge in [-0.25, -0.2) is 0 Å². The van der Waals surface area contributed by atoms with Crippen LogP contribution in [-0.4, -0.2) is 73.0 Å². The third-order valence-corrected chi connectivity index (χ3v) is 11.0. The summed E-state index contributed by atoms with van der Waals surface area (Å²) in [6, 6.07) is 1.94. The molecule has 2 aliphatic carbocycles. The van der Waals surface area contributed by atoms with E-state index in [1.54, 1.807) is 0 Å². The van der Waals surface area contributed by atoms with Crippen LogP contribution >= 0.6 is 0 Å². The first-order valence-electron chi connectivity index (χ1n) is 15.7. The van der Waals surface area contributed by atoms with Crippen LogP contribution in [-0.2, 0) is 0 Å². The van der Waals surface area contributed by atoms with Gasteiger partial charge in [-0.15, -0.1) is 0 Å². The molecule has 2 fully saturated rings. The van der Waals surface area contributed by atoms with Gasteiger partial charge in [0, 0.05) is 73.5 Å². The zero-order valence-corrected chi connectivity index (χ0v) is 24.9. The van der Waals surface area contributed by atoms with Gasteiger partial charge in [0.15, 0.2) is 0 Å². The van der Waals surface area contributed by atoms with Crippen LogP contribution in [0, 0.1) is 28.6 Å². The van der Waals surface area contributed by atoms with Gasteiger partial charge in [0.05, 0.1) is 12.1 Å². The number of rotatable bonds is 13. The van der Waals surface area contributed by atoms with Gasteiger partial charge >= 0.3 is 0 Å². The highest BCUT2D eigenvalue weighted by atomic mass is 15.5. The maximum absolute atomic E-state index is 4.89. The van der Waals surface area contributed by atoms with E-state index in [-0.39, 0.29) is 10.8 Å². The SMILES string of the molecule is CCC(CC)N1C[C@@](C)(C(C)C2CC=NN2/C=C(\NC)C2(C3C=N3)C(C)C2CCNC2CCCCC2)C=N1. The molecular formula is C31H53N7. The van der Waals surface area contributed by atoms with E-state index in [2.05, 4.69) is 87.2 Å². The molecule has 0 radical (unpaired) electrons. The fourth-order valence-corrected chi connectivity index (χ4v) is 8.10. The molecule has 212 valence electrons. The summed E-state index contributed by atoms with van der Waals surface area (Å²) in [6.07, 6.45) is 20.2.